The summed E-state index contributed by atoms with van der Waals surface area (Å²) in [5.74, 6) is 1.87. The van der Waals surface area contributed by atoms with Crippen molar-refractivity contribution in [3.63, 3.8) is 0 Å². The van der Waals surface area contributed by atoms with Crippen molar-refractivity contribution in [2.75, 3.05) is 6.61 Å². The highest BCUT2D eigenvalue weighted by atomic mass is 79.9. The normalized spacial score (nSPS) is 10.5. The number of hydrogen-bond donors (Lipinski definition) is 0. The van der Waals surface area contributed by atoms with Gasteiger partial charge in [-0.3, -0.25) is 0 Å². The predicted octanol–water partition coefficient (Wildman–Crippen LogP) is 5.47. The first-order valence-electron chi connectivity index (χ1n) is 6.83. The Morgan fingerprint density at radius 2 is 1.90 bits per heavy atom. The summed E-state index contributed by atoms with van der Waals surface area (Å²) < 4.78 is 12.5. The standard InChI is InChI=1S/C17H18BrClO2/c1-3-20-16-9-14(10-19)8-15(18)17(16)21-11-13-6-4-5-12(2)7-13/h4-9H,3,10-11H2,1-2H3. The fourth-order valence-corrected chi connectivity index (χ4v) is 2.82. The number of aryl methyl sites for hydroxylation is 1. The van der Waals surface area contributed by atoms with Gasteiger partial charge in [0.05, 0.1) is 11.1 Å². The van der Waals surface area contributed by atoms with E-state index in [1.807, 2.05) is 31.2 Å². The lowest BCUT2D eigenvalue weighted by Crippen LogP contribution is -2.01. The summed E-state index contributed by atoms with van der Waals surface area (Å²) in [7, 11) is 0. The van der Waals surface area contributed by atoms with E-state index in [2.05, 4.69) is 35.0 Å². The van der Waals surface area contributed by atoms with E-state index in [-0.39, 0.29) is 0 Å². The van der Waals surface area contributed by atoms with Crippen LogP contribution in [0.25, 0.3) is 0 Å². The summed E-state index contributed by atoms with van der Waals surface area (Å²) >= 11 is 9.43. The Morgan fingerprint density at radius 1 is 1.10 bits per heavy atom. The van der Waals surface area contributed by atoms with Gasteiger partial charge in [0.2, 0.25) is 0 Å². The van der Waals surface area contributed by atoms with E-state index in [4.69, 9.17) is 21.1 Å². The second-order valence-electron chi connectivity index (χ2n) is 4.75. The molecule has 4 heteroatoms. The molecule has 0 heterocycles. The molecule has 0 unspecified atom stereocenters. The molecule has 0 fully saturated rings. The summed E-state index contributed by atoms with van der Waals surface area (Å²) in [6, 6.07) is 12.1. The third kappa shape index (κ3) is 4.39. The van der Waals surface area contributed by atoms with Gasteiger partial charge in [-0.1, -0.05) is 29.8 Å². The lowest BCUT2D eigenvalue weighted by molar-refractivity contribution is 0.267. The summed E-state index contributed by atoms with van der Waals surface area (Å²) in [6.45, 7) is 5.10. The quantitative estimate of drug-likeness (QED) is 0.628. The lowest BCUT2D eigenvalue weighted by atomic mass is 10.1. The van der Waals surface area contributed by atoms with Gasteiger partial charge in [-0.25, -0.2) is 0 Å². The second-order valence-corrected chi connectivity index (χ2v) is 5.87. The number of rotatable bonds is 6. The van der Waals surface area contributed by atoms with Crippen molar-refractivity contribution in [2.45, 2.75) is 26.3 Å². The molecule has 2 aromatic rings. The third-order valence-corrected chi connectivity index (χ3v) is 3.89. The first kappa shape index (κ1) is 16.2. The number of halogens is 2. The molecule has 0 aliphatic rings. The molecule has 2 rings (SSSR count). The Bertz CT molecular complexity index is 614. The van der Waals surface area contributed by atoms with Crippen LogP contribution in [0.4, 0.5) is 0 Å². The Morgan fingerprint density at radius 3 is 2.57 bits per heavy atom. The Balaban J connectivity index is 2.22. The molecule has 0 atom stereocenters. The fraction of sp³-hybridized carbons (Fsp3) is 0.294. The summed E-state index contributed by atoms with van der Waals surface area (Å²) in [5.41, 5.74) is 3.35. The molecule has 0 bridgehead atoms. The topological polar surface area (TPSA) is 18.5 Å². The molecule has 21 heavy (non-hydrogen) atoms. The Hall–Kier alpha value is -1.19. The second kappa shape index (κ2) is 7.71. The fourth-order valence-electron chi connectivity index (χ4n) is 2.06. The molecule has 112 valence electrons. The maximum Gasteiger partial charge on any atom is 0.175 e. The van der Waals surface area contributed by atoms with Crippen molar-refractivity contribution < 1.29 is 9.47 Å². The smallest absolute Gasteiger partial charge is 0.175 e. The van der Waals surface area contributed by atoms with Gasteiger partial charge >= 0.3 is 0 Å². The molecule has 0 saturated carbocycles. The van der Waals surface area contributed by atoms with Crippen LogP contribution in [0.2, 0.25) is 0 Å². The molecule has 0 saturated heterocycles. The van der Waals surface area contributed by atoms with Gasteiger partial charge in [0.1, 0.15) is 6.61 Å². The highest BCUT2D eigenvalue weighted by molar-refractivity contribution is 9.10. The Labute approximate surface area is 139 Å². The van der Waals surface area contributed by atoms with Gasteiger partial charge in [-0.2, -0.15) is 0 Å². The number of alkyl halides is 1. The molecule has 0 radical (unpaired) electrons. The molecule has 0 N–H and O–H groups in total. The summed E-state index contributed by atoms with van der Waals surface area (Å²) in [4.78, 5) is 0. The molecule has 0 spiro atoms. The van der Waals surface area contributed by atoms with Crippen LogP contribution in [0.3, 0.4) is 0 Å². The van der Waals surface area contributed by atoms with Crippen molar-refractivity contribution in [1.82, 2.24) is 0 Å². The zero-order valence-corrected chi connectivity index (χ0v) is 14.5. The zero-order chi connectivity index (χ0) is 15.2. The molecular formula is C17H18BrClO2. The van der Waals surface area contributed by atoms with Crippen molar-refractivity contribution in [1.29, 1.82) is 0 Å². The Kier molecular flexibility index (Phi) is 5.95. The molecule has 0 aliphatic carbocycles. The van der Waals surface area contributed by atoms with Crippen molar-refractivity contribution in [2.24, 2.45) is 0 Å². The largest absolute Gasteiger partial charge is 0.490 e. The van der Waals surface area contributed by atoms with Crippen molar-refractivity contribution >= 4 is 27.5 Å². The van der Waals surface area contributed by atoms with E-state index in [1.54, 1.807) is 0 Å². The van der Waals surface area contributed by atoms with Crippen LogP contribution in [0.5, 0.6) is 11.5 Å². The average Bonchev–Trinajstić information content (AvgIpc) is 2.46. The minimum atomic E-state index is 0.441. The first-order valence-corrected chi connectivity index (χ1v) is 8.16. The zero-order valence-electron chi connectivity index (χ0n) is 12.2. The molecule has 0 amide bonds. The third-order valence-electron chi connectivity index (χ3n) is 2.99. The maximum atomic E-state index is 5.95. The summed E-state index contributed by atoms with van der Waals surface area (Å²) in [5, 5.41) is 0. The van der Waals surface area contributed by atoms with Crippen LogP contribution in [-0.2, 0) is 12.5 Å². The van der Waals surface area contributed by atoms with Crippen LogP contribution >= 0.6 is 27.5 Å². The van der Waals surface area contributed by atoms with E-state index >= 15 is 0 Å². The maximum absolute atomic E-state index is 5.95. The molecular weight excluding hydrogens is 352 g/mol. The SMILES string of the molecule is CCOc1cc(CCl)cc(Br)c1OCc1cccc(C)c1. The first-order chi connectivity index (χ1) is 10.1. The predicted molar refractivity (Wildman–Crippen MR) is 90.4 cm³/mol. The molecule has 2 nitrogen and oxygen atoms in total. The minimum absolute atomic E-state index is 0.441. The number of benzene rings is 2. The van der Waals surface area contributed by atoms with Crippen molar-refractivity contribution in [3.05, 3.63) is 57.6 Å². The van der Waals surface area contributed by atoms with Gasteiger partial charge in [-0.15, -0.1) is 11.6 Å². The number of ether oxygens (including phenoxy) is 2. The summed E-state index contributed by atoms with van der Waals surface area (Å²) in [6.07, 6.45) is 0. The van der Waals surface area contributed by atoms with E-state index in [0.717, 1.165) is 21.3 Å². The molecule has 2 aromatic carbocycles. The van der Waals surface area contributed by atoms with Gasteiger partial charge in [0, 0.05) is 5.88 Å². The van der Waals surface area contributed by atoms with Gasteiger partial charge < -0.3 is 9.47 Å². The highest BCUT2D eigenvalue weighted by Gasteiger charge is 2.12. The van der Waals surface area contributed by atoms with Crippen LogP contribution in [0, 0.1) is 6.92 Å². The van der Waals surface area contributed by atoms with Crippen LogP contribution < -0.4 is 9.47 Å². The highest BCUT2D eigenvalue weighted by Crippen LogP contribution is 2.37. The van der Waals surface area contributed by atoms with E-state index in [0.29, 0.717) is 24.8 Å². The van der Waals surface area contributed by atoms with E-state index in [1.165, 1.54) is 5.56 Å². The van der Waals surface area contributed by atoms with E-state index in [9.17, 15) is 0 Å². The molecule has 0 aliphatic heterocycles. The van der Waals surface area contributed by atoms with Gasteiger partial charge in [-0.05, 0) is 53.0 Å². The van der Waals surface area contributed by atoms with Crippen LogP contribution in [0.15, 0.2) is 40.9 Å². The van der Waals surface area contributed by atoms with Gasteiger partial charge in [0.15, 0.2) is 11.5 Å². The minimum Gasteiger partial charge on any atom is -0.490 e. The lowest BCUT2D eigenvalue weighted by Gasteiger charge is -2.15. The van der Waals surface area contributed by atoms with Crippen molar-refractivity contribution in [3.8, 4) is 11.5 Å². The number of hydrogen-bond acceptors (Lipinski definition) is 2. The van der Waals surface area contributed by atoms with Crippen LogP contribution in [0.1, 0.15) is 23.6 Å². The van der Waals surface area contributed by atoms with E-state index < -0.39 is 0 Å². The average molecular weight is 370 g/mol. The molecule has 0 aromatic heterocycles. The van der Waals surface area contributed by atoms with Crippen LogP contribution in [-0.4, -0.2) is 6.61 Å². The van der Waals surface area contributed by atoms with Gasteiger partial charge in [0.25, 0.3) is 0 Å². The monoisotopic (exact) mass is 368 g/mol.